The third-order valence-corrected chi connectivity index (χ3v) is 7.72. The van der Waals surface area contributed by atoms with Gasteiger partial charge < -0.3 is 20.2 Å². The summed E-state index contributed by atoms with van der Waals surface area (Å²) < 4.78 is 95.2. The van der Waals surface area contributed by atoms with Gasteiger partial charge >= 0.3 is 36.4 Å². The monoisotopic (exact) mass is 718 g/mol. The number of nitrogens with zero attached hydrogens (tertiary/aromatic N) is 4. The molecule has 2 aliphatic heterocycles. The van der Waals surface area contributed by atoms with Gasteiger partial charge in [0.05, 0.1) is 11.4 Å². The summed E-state index contributed by atoms with van der Waals surface area (Å²) in [6.45, 7) is 7.48. The first kappa shape index (κ1) is 39.7. The molecule has 5 heterocycles. The Kier molecular flexibility index (Phi) is 13.3. The fraction of sp³-hybridized carbons (Fsp3) is 0.393. The zero-order valence-corrected chi connectivity index (χ0v) is 25.4. The summed E-state index contributed by atoms with van der Waals surface area (Å²) in [7, 11) is 0. The summed E-state index contributed by atoms with van der Waals surface area (Å²) in [4.78, 5) is 42.4. The first-order valence-electron chi connectivity index (χ1n) is 13.3. The van der Waals surface area contributed by atoms with E-state index >= 15 is 0 Å². The molecule has 2 aliphatic rings. The number of pyridine rings is 2. The molecule has 264 valence electrons. The van der Waals surface area contributed by atoms with Gasteiger partial charge in [-0.3, -0.25) is 14.9 Å². The molecule has 10 nitrogen and oxygen atoms in total. The number of hydrogen-bond acceptors (Lipinski definition) is 8. The maximum Gasteiger partial charge on any atom is 0.490 e. The number of aryl methyl sites for hydroxylation is 1. The standard InChI is InChI=1S/C22H24N4S.3C2HF3O2/c1-17-6-11-27-20(17)14-25-10-7-22(15-25)16-26(13-18-4-2-8-23-12-18)19-5-3-9-24-21(19)22;3*3-2(4,5)1(6)7/h2-6,8-9,11-12H,7,10,13-16H2,1H3;3*(H,6,7). The molecule has 1 fully saturated rings. The van der Waals surface area contributed by atoms with Crippen LogP contribution in [0.3, 0.4) is 0 Å². The molecule has 0 bridgehead atoms. The van der Waals surface area contributed by atoms with Crippen molar-refractivity contribution >= 4 is 34.9 Å². The third-order valence-electron chi connectivity index (χ3n) is 6.71. The molecule has 1 atom stereocenters. The zero-order chi connectivity index (χ0) is 36.5. The fourth-order valence-electron chi connectivity index (χ4n) is 4.62. The number of carbonyl (C=O) groups is 3. The van der Waals surface area contributed by atoms with Crippen LogP contribution in [0.25, 0.3) is 0 Å². The molecule has 3 aromatic heterocycles. The number of rotatable bonds is 4. The molecule has 5 rings (SSSR count). The molecule has 0 amide bonds. The number of carboxylic acid groups (broad SMARTS) is 3. The van der Waals surface area contributed by atoms with E-state index in [1.54, 1.807) is 0 Å². The Morgan fingerprint density at radius 2 is 1.38 bits per heavy atom. The molecule has 0 radical (unpaired) electrons. The van der Waals surface area contributed by atoms with Gasteiger partial charge in [0.1, 0.15) is 0 Å². The van der Waals surface area contributed by atoms with E-state index in [1.165, 1.54) is 33.8 Å². The van der Waals surface area contributed by atoms with Crippen LogP contribution in [0.2, 0.25) is 0 Å². The van der Waals surface area contributed by atoms with Crippen LogP contribution in [0.4, 0.5) is 45.2 Å². The molecule has 0 aromatic carbocycles. The summed E-state index contributed by atoms with van der Waals surface area (Å²) >= 11 is 1.88. The van der Waals surface area contributed by atoms with Crippen LogP contribution in [0.5, 0.6) is 0 Å². The van der Waals surface area contributed by atoms with E-state index in [-0.39, 0.29) is 5.41 Å². The van der Waals surface area contributed by atoms with Crippen LogP contribution in [0, 0.1) is 6.92 Å². The summed E-state index contributed by atoms with van der Waals surface area (Å²) in [5, 5.41) is 23.6. The van der Waals surface area contributed by atoms with Crippen molar-refractivity contribution in [2.75, 3.05) is 24.5 Å². The average molecular weight is 719 g/mol. The first-order chi connectivity index (χ1) is 22.1. The number of alkyl halides is 9. The van der Waals surface area contributed by atoms with Crippen molar-refractivity contribution in [2.24, 2.45) is 0 Å². The lowest BCUT2D eigenvalue weighted by molar-refractivity contribution is -0.193. The number of likely N-dealkylation sites (tertiary alicyclic amines) is 1. The smallest absolute Gasteiger partial charge is 0.475 e. The molecular weight excluding hydrogens is 691 g/mol. The first-order valence-corrected chi connectivity index (χ1v) is 14.2. The van der Waals surface area contributed by atoms with E-state index in [9.17, 15) is 39.5 Å². The number of carboxylic acids is 3. The van der Waals surface area contributed by atoms with Gasteiger partial charge in [-0.25, -0.2) is 14.4 Å². The van der Waals surface area contributed by atoms with Crippen molar-refractivity contribution in [1.82, 2.24) is 14.9 Å². The minimum absolute atomic E-state index is 0.157. The highest BCUT2D eigenvalue weighted by Crippen LogP contribution is 2.46. The molecule has 3 N–H and O–H groups in total. The predicted molar refractivity (Wildman–Crippen MR) is 151 cm³/mol. The summed E-state index contributed by atoms with van der Waals surface area (Å²) in [5.41, 5.74) is 5.43. The predicted octanol–water partition coefficient (Wildman–Crippen LogP) is 5.91. The Hall–Kier alpha value is -4.46. The minimum atomic E-state index is -5.08. The number of aliphatic carboxylic acids is 3. The number of aromatic nitrogens is 2. The largest absolute Gasteiger partial charge is 0.490 e. The summed E-state index contributed by atoms with van der Waals surface area (Å²) in [6, 6.07) is 10.7. The highest BCUT2D eigenvalue weighted by molar-refractivity contribution is 7.10. The van der Waals surface area contributed by atoms with Crippen LogP contribution in [0.1, 0.15) is 28.1 Å². The van der Waals surface area contributed by atoms with Crippen LogP contribution in [-0.4, -0.2) is 86.3 Å². The average Bonchev–Trinajstić information content (AvgIpc) is 3.67. The van der Waals surface area contributed by atoms with Gasteiger partial charge in [0.25, 0.3) is 0 Å². The van der Waals surface area contributed by atoms with Gasteiger partial charge in [0, 0.05) is 55.1 Å². The maximum atomic E-state index is 10.6. The molecule has 1 saturated heterocycles. The molecule has 1 unspecified atom stereocenters. The van der Waals surface area contributed by atoms with Crippen LogP contribution in [-0.2, 0) is 32.9 Å². The van der Waals surface area contributed by atoms with Crippen molar-refractivity contribution in [2.45, 2.75) is 50.4 Å². The van der Waals surface area contributed by atoms with Crippen LogP contribution in [0.15, 0.2) is 54.3 Å². The Bertz CT molecular complexity index is 1480. The molecule has 0 aliphatic carbocycles. The second-order valence-corrected chi connectivity index (χ2v) is 11.3. The van der Waals surface area contributed by atoms with Crippen LogP contribution >= 0.6 is 11.3 Å². The molecule has 48 heavy (non-hydrogen) atoms. The summed E-state index contributed by atoms with van der Waals surface area (Å²) in [5.74, 6) is -8.27. The van der Waals surface area contributed by atoms with E-state index in [0.29, 0.717) is 0 Å². The van der Waals surface area contributed by atoms with E-state index in [0.717, 1.165) is 32.7 Å². The van der Waals surface area contributed by atoms with Crippen LogP contribution < -0.4 is 4.90 Å². The highest BCUT2D eigenvalue weighted by atomic mass is 32.1. The molecule has 0 saturated carbocycles. The van der Waals surface area contributed by atoms with Gasteiger partial charge in [0.2, 0.25) is 0 Å². The second-order valence-electron chi connectivity index (χ2n) is 10.3. The maximum absolute atomic E-state index is 10.6. The second kappa shape index (κ2) is 16.1. The van der Waals surface area contributed by atoms with Gasteiger partial charge in [-0.05, 0) is 60.7 Å². The fourth-order valence-corrected chi connectivity index (χ4v) is 5.57. The van der Waals surface area contributed by atoms with Crippen molar-refractivity contribution in [3.05, 3.63) is 76.0 Å². The summed E-state index contributed by atoms with van der Waals surface area (Å²) in [6.07, 6.45) is -8.29. The number of fused-ring (bicyclic) bond motifs is 2. The Labute approximate surface area is 270 Å². The number of halogens is 9. The van der Waals surface area contributed by atoms with Crippen molar-refractivity contribution < 1.29 is 69.2 Å². The molecule has 3 aromatic rings. The lowest BCUT2D eigenvalue weighted by Crippen LogP contribution is -2.36. The quantitative estimate of drug-likeness (QED) is 0.279. The lowest BCUT2D eigenvalue weighted by Gasteiger charge is -2.26. The Morgan fingerprint density at radius 3 is 1.83 bits per heavy atom. The van der Waals surface area contributed by atoms with Gasteiger partial charge in [-0.15, -0.1) is 11.3 Å². The van der Waals surface area contributed by atoms with Gasteiger partial charge in [0.15, 0.2) is 0 Å². The lowest BCUT2D eigenvalue weighted by atomic mass is 9.85. The minimum Gasteiger partial charge on any atom is -0.475 e. The van der Waals surface area contributed by atoms with Crippen molar-refractivity contribution in [1.29, 1.82) is 0 Å². The Morgan fingerprint density at radius 1 is 0.833 bits per heavy atom. The Balaban J connectivity index is 0.000000313. The van der Waals surface area contributed by atoms with E-state index < -0.39 is 36.4 Å². The van der Waals surface area contributed by atoms with Crippen molar-refractivity contribution in [3.8, 4) is 0 Å². The number of hydrogen-bond donors (Lipinski definition) is 3. The molecular formula is C28H27F9N4O6S. The highest BCUT2D eigenvalue weighted by Gasteiger charge is 2.48. The van der Waals surface area contributed by atoms with E-state index in [4.69, 9.17) is 34.7 Å². The number of thiophene rings is 1. The van der Waals surface area contributed by atoms with Gasteiger partial charge in [-0.1, -0.05) is 6.07 Å². The molecule has 20 heteroatoms. The van der Waals surface area contributed by atoms with Gasteiger partial charge in [-0.2, -0.15) is 39.5 Å². The topological polar surface area (TPSA) is 144 Å². The van der Waals surface area contributed by atoms with E-state index in [2.05, 4.69) is 51.4 Å². The SMILES string of the molecule is Cc1ccsc1CN1CCC2(C1)CN(Cc1cccnc1)c1cccnc12.O=C(O)C(F)(F)F.O=C(O)C(F)(F)F.O=C(O)C(F)(F)F. The third kappa shape index (κ3) is 11.7. The number of anilines is 1. The molecule has 1 spiro atoms. The normalized spacial score (nSPS) is 17.2. The zero-order valence-electron chi connectivity index (χ0n) is 24.6. The van der Waals surface area contributed by atoms with E-state index in [1.807, 2.05) is 36.0 Å². The van der Waals surface area contributed by atoms with Crippen molar-refractivity contribution in [3.63, 3.8) is 0 Å².